The van der Waals surface area contributed by atoms with Crippen LogP contribution in [0.1, 0.15) is 15.9 Å². The minimum atomic E-state index is -0.253. The van der Waals surface area contributed by atoms with Crippen molar-refractivity contribution in [3.8, 4) is 11.5 Å². The zero-order valence-electron chi connectivity index (χ0n) is 11.9. The number of benzene rings is 2. The van der Waals surface area contributed by atoms with Crippen molar-refractivity contribution in [1.29, 1.82) is 0 Å². The van der Waals surface area contributed by atoms with E-state index in [-0.39, 0.29) is 17.8 Å². The number of thiocarbonyl (C=S) groups is 1. The van der Waals surface area contributed by atoms with Crippen molar-refractivity contribution in [3.05, 3.63) is 53.6 Å². The predicted octanol–water partition coefficient (Wildman–Crippen LogP) is 2.85. The number of carbonyl (C=O) groups is 1. The minimum absolute atomic E-state index is 0.216. The Balaban J connectivity index is 1.69. The molecule has 0 aromatic heterocycles. The summed E-state index contributed by atoms with van der Waals surface area (Å²) in [7, 11) is 0. The van der Waals surface area contributed by atoms with E-state index in [2.05, 4.69) is 10.6 Å². The Bertz CT molecular complexity index is 732. The van der Waals surface area contributed by atoms with Gasteiger partial charge in [0.15, 0.2) is 16.6 Å². The van der Waals surface area contributed by atoms with E-state index in [4.69, 9.17) is 21.7 Å². The number of anilines is 1. The highest BCUT2D eigenvalue weighted by atomic mass is 32.1. The Morgan fingerprint density at radius 3 is 2.55 bits per heavy atom. The molecule has 0 saturated carbocycles. The van der Waals surface area contributed by atoms with Crippen molar-refractivity contribution in [2.45, 2.75) is 6.92 Å². The van der Waals surface area contributed by atoms with Crippen LogP contribution < -0.4 is 20.1 Å². The summed E-state index contributed by atoms with van der Waals surface area (Å²) in [4.78, 5) is 12.0. The van der Waals surface area contributed by atoms with E-state index in [1.165, 1.54) is 0 Å². The molecule has 0 unspecified atom stereocenters. The molecule has 5 nitrogen and oxygen atoms in total. The van der Waals surface area contributed by atoms with E-state index >= 15 is 0 Å². The molecule has 0 aliphatic carbocycles. The van der Waals surface area contributed by atoms with Gasteiger partial charge < -0.3 is 14.8 Å². The first kappa shape index (κ1) is 14.3. The van der Waals surface area contributed by atoms with E-state index in [9.17, 15) is 4.79 Å². The summed E-state index contributed by atoms with van der Waals surface area (Å²) in [6, 6.07) is 12.6. The second kappa shape index (κ2) is 6.03. The number of carbonyl (C=O) groups excluding carboxylic acids is 1. The van der Waals surface area contributed by atoms with Gasteiger partial charge in [0.05, 0.1) is 0 Å². The Morgan fingerprint density at radius 2 is 1.82 bits per heavy atom. The molecule has 1 heterocycles. The van der Waals surface area contributed by atoms with Gasteiger partial charge >= 0.3 is 0 Å². The number of aryl methyl sites for hydroxylation is 1. The molecular weight excluding hydrogens is 300 g/mol. The molecule has 2 aromatic rings. The molecular formula is C16H14N2O3S. The first-order valence-corrected chi connectivity index (χ1v) is 7.12. The molecule has 0 fully saturated rings. The van der Waals surface area contributed by atoms with Crippen molar-refractivity contribution in [3.63, 3.8) is 0 Å². The predicted molar refractivity (Wildman–Crippen MR) is 87.4 cm³/mol. The van der Waals surface area contributed by atoms with Gasteiger partial charge in [0.2, 0.25) is 6.79 Å². The van der Waals surface area contributed by atoms with Gasteiger partial charge in [-0.1, -0.05) is 18.2 Å². The number of fused-ring (bicyclic) bond motifs is 1. The summed E-state index contributed by atoms with van der Waals surface area (Å²) in [5.74, 6) is 1.11. The summed E-state index contributed by atoms with van der Waals surface area (Å²) >= 11 is 5.18. The van der Waals surface area contributed by atoms with Crippen molar-refractivity contribution >= 4 is 28.9 Å². The molecule has 22 heavy (non-hydrogen) atoms. The van der Waals surface area contributed by atoms with Gasteiger partial charge in [0.25, 0.3) is 5.91 Å². The molecule has 112 valence electrons. The lowest BCUT2D eigenvalue weighted by atomic mass is 10.2. The highest BCUT2D eigenvalue weighted by molar-refractivity contribution is 7.80. The average molecular weight is 314 g/mol. The van der Waals surface area contributed by atoms with Crippen LogP contribution in [-0.4, -0.2) is 17.8 Å². The average Bonchev–Trinajstić information content (AvgIpc) is 2.95. The molecule has 0 radical (unpaired) electrons. The number of hydrogen-bond acceptors (Lipinski definition) is 4. The number of amides is 1. The van der Waals surface area contributed by atoms with Crippen LogP contribution in [0.5, 0.6) is 11.5 Å². The minimum Gasteiger partial charge on any atom is -0.454 e. The van der Waals surface area contributed by atoms with Gasteiger partial charge in [-0.05, 0) is 42.9 Å². The summed E-state index contributed by atoms with van der Waals surface area (Å²) in [5, 5.41) is 5.89. The normalized spacial score (nSPS) is 11.9. The second-order valence-electron chi connectivity index (χ2n) is 4.79. The van der Waals surface area contributed by atoms with E-state index in [0.717, 1.165) is 11.3 Å². The lowest BCUT2D eigenvalue weighted by molar-refractivity contribution is 0.0977. The van der Waals surface area contributed by atoms with Crippen LogP contribution in [0, 0.1) is 6.92 Å². The van der Waals surface area contributed by atoms with E-state index in [0.29, 0.717) is 17.1 Å². The van der Waals surface area contributed by atoms with Crippen LogP contribution in [0.25, 0.3) is 0 Å². The summed E-state index contributed by atoms with van der Waals surface area (Å²) in [6.45, 7) is 2.14. The third-order valence-corrected chi connectivity index (χ3v) is 3.43. The SMILES string of the molecule is Cc1cc2c(cc1NC(=S)NC(=O)c1ccccc1)OCO2. The van der Waals surface area contributed by atoms with Gasteiger partial charge in [-0.15, -0.1) is 0 Å². The first-order chi connectivity index (χ1) is 10.6. The fourth-order valence-electron chi connectivity index (χ4n) is 2.10. The number of nitrogens with one attached hydrogen (secondary N) is 2. The molecule has 2 N–H and O–H groups in total. The van der Waals surface area contributed by atoms with E-state index in [1.807, 2.05) is 19.1 Å². The van der Waals surface area contributed by atoms with Gasteiger partial charge in [-0.2, -0.15) is 0 Å². The maximum atomic E-state index is 12.0. The van der Waals surface area contributed by atoms with E-state index in [1.54, 1.807) is 30.3 Å². The lowest BCUT2D eigenvalue weighted by Crippen LogP contribution is -2.34. The van der Waals surface area contributed by atoms with Crippen molar-refractivity contribution in [1.82, 2.24) is 5.32 Å². The zero-order chi connectivity index (χ0) is 15.5. The zero-order valence-corrected chi connectivity index (χ0v) is 12.7. The topological polar surface area (TPSA) is 59.6 Å². The molecule has 0 atom stereocenters. The Kier molecular flexibility index (Phi) is 3.93. The van der Waals surface area contributed by atoms with Crippen LogP contribution in [0.3, 0.4) is 0 Å². The van der Waals surface area contributed by atoms with Crippen LogP contribution in [0.4, 0.5) is 5.69 Å². The van der Waals surface area contributed by atoms with Crippen LogP contribution >= 0.6 is 12.2 Å². The Hall–Kier alpha value is -2.60. The molecule has 2 aromatic carbocycles. The number of hydrogen-bond donors (Lipinski definition) is 2. The smallest absolute Gasteiger partial charge is 0.257 e. The monoisotopic (exact) mass is 314 g/mol. The van der Waals surface area contributed by atoms with Gasteiger partial charge in [-0.25, -0.2) is 0 Å². The number of ether oxygens (including phenoxy) is 2. The molecule has 0 bridgehead atoms. The van der Waals surface area contributed by atoms with Crippen LogP contribution in [0.2, 0.25) is 0 Å². The van der Waals surface area contributed by atoms with Gasteiger partial charge in [0.1, 0.15) is 0 Å². The highest BCUT2D eigenvalue weighted by Gasteiger charge is 2.16. The maximum Gasteiger partial charge on any atom is 0.257 e. The quantitative estimate of drug-likeness (QED) is 0.835. The molecule has 3 rings (SSSR count). The maximum absolute atomic E-state index is 12.0. The Morgan fingerprint density at radius 1 is 1.14 bits per heavy atom. The largest absolute Gasteiger partial charge is 0.454 e. The van der Waals surface area contributed by atoms with Crippen LogP contribution in [0.15, 0.2) is 42.5 Å². The third-order valence-electron chi connectivity index (χ3n) is 3.23. The highest BCUT2D eigenvalue weighted by Crippen LogP contribution is 2.36. The Labute approximate surface area is 133 Å². The lowest BCUT2D eigenvalue weighted by Gasteiger charge is -2.12. The standard InChI is InChI=1S/C16H14N2O3S/c1-10-7-13-14(21-9-20-13)8-12(10)17-16(22)18-15(19)11-5-3-2-4-6-11/h2-8H,9H2,1H3,(H2,17,18,19,22). The van der Waals surface area contributed by atoms with Gasteiger partial charge in [-0.3, -0.25) is 10.1 Å². The second-order valence-corrected chi connectivity index (χ2v) is 5.20. The summed E-state index contributed by atoms with van der Waals surface area (Å²) in [5.41, 5.74) is 2.26. The third kappa shape index (κ3) is 3.01. The summed E-state index contributed by atoms with van der Waals surface area (Å²) in [6.07, 6.45) is 0. The number of rotatable bonds is 2. The fourth-order valence-corrected chi connectivity index (χ4v) is 2.30. The molecule has 1 aliphatic heterocycles. The molecule has 1 aliphatic rings. The molecule has 0 spiro atoms. The van der Waals surface area contributed by atoms with Crippen molar-refractivity contribution in [2.75, 3.05) is 12.1 Å². The fraction of sp³-hybridized carbons (Fsp3) is 0.125. The summed E-state index contributed by atoms with van der Waals surface area (Å²) < 4.78 is 10.6. The first-order valence-electron chi connectivity index (χ1n) is 6.71. The molecule has 1 amide bonds. The van der Waals surface area contributed by atoms with Gasteiger partial charge in [0, 0.05) is 17.3 Å². The molecule has 0 saturated heterocycles. The molecule has 6 heteroatoms. The van der Waals surface area contributed by atoms with Crippen LogP contribution in [-0.2, 0) is 0 Å². The van der Waals surface area contributed by atoms with Crippen molar-refractivity contribution < 1.29 is 14.3 Å². The van der Waals surface area contributed by atoms with E-state index < -0.39 is 0 Å². The van der Waals surface area contributed by atoms with Crippen molar-refractivity contribution in [2.24, 2.45) is 0 Å².